The van der Waals surface area contributed by atoms with Gasteiger partial charge in [0, 0.05) is 50.8 Å². The number of pyridine rings is 1. The number of carbonyl (C=O) groups is 1. The maximum absolute atomic E-state index is 12.7. The summed E-state index contributed by atoms with van der Waals surface area (Å²) in [4.78, 5) is 18.5. The third-order valence-corrected chi connectivity index (χ3v) is 5.34. The van der Waals surface area contributed by atoms with Crippen molar-refractivity contribution in [2.45, 2.75) is 32.2 Å². The second-order valence-corrected chi connectivity index (χ2v) is 7.91. The molecular formula is C22H23F3N4O2. The fourth-order valence-electron chi connectivity index (χ4n) is 3.92. The molecule has 3 heterocycles. The molecule has 1 unspecified atom stereocenters. The summed E-state index contributed by atoms with van der Waals surface area (Å²) in [5.41, 5.74) is 3.70. The maximum atomic E-state index is 12.7. The molecule has 0 N–H and O–H groups in total. The minimum Gasteiger partial charge on any atom is -0.375 e. The Kier molecular flexibility index (Phi) is 5.81. The first-order chi connectivity index (χ1) is 14.7. The van der Waals surface area contributed by atoms with E-state index in [2.05, 4.69) is 10.1 Å². The van der Waals surface area contributed by atoms with Crippen LogP contribution < -0.4 is 0 Å². The Labute approximate surface area is 177 Å². The van der Waals surface area contributed by atoms with E-state index in [1.165, 1.54) is 6.92 Å². The molecule has 2 aromatic heterocycles. The van der Waals surface area contributed by atoms with Gasteiger partial charge in [0.25, 0.3) is 0 Å². The van der Waals surface area contributed by atoms with Gasteiger partial charge in [0.2, 0.25) is 0 Å². The van der Waals surface area contributed by atoms with Gasteiger partial charge in [0.05, 0.1) is 30.8 Å². The van der Waals surface area contributed by atoms with E-state index in [1.807, 2.05) is 36.3 Å². The van der Waals surface area contributed by atoms with Crippen molar-refractivity contribution in [3.05, 3.63) is 47.9 Å². The highest BCUT2D eigenvalue weighted by Gasteiger charge is 2.34. The van der Waals surface area contributed by atoms with Crippen LogP contribution in [-0.4, -0.2) is 57.4 Å². The van der Waals surface area contributed by atoms with Crippen molar-refractivity contribution in [3.8, 4) is 11.1 Å². The van der Waals surface area contributed by atoms with Gasteiger partial charge >= 0.3 is 6.18 Å². The van der Waals surface area contributed by atoms with Crippen LogP contribution in [0.2, 0.25) is 0 Å². The van der Waals surface area contributed by atoms with Crippen molar-refractivity contribution >= 4 is 16.7 Å². The molecule has 0 aliphatic carbocycles. The lowest BCUT2D eigenvalue weighted by molar-refractivity contribution is -0.170. The summed E-state index contributed by atoms with van der Waals surface area (Å²) in [5, 5.41) is 5.10. The fraction of sp³-hybridized carbons (Fsp3) is 0.409. The van der Waals surface area contributed by atoms with E-state index in [9.17, 15) is 18.0 Å². The summed E-state index contributed by atoms with van der Waals surface area (Å²) < 4.78 is 45.1. The Morgan fingerprint density at radius 2 is 2.10 bits per heavy atom. The molecule has 9 heteroatoms. The van der Waals surface area contributed by atoms with Gasteiger partial charge in [-0.1, -0.05) is 12.1 Å². The Balaban J connectivity index is 1.62. The van der Waals surface area contributed by atoms with E-state index in [4.69, 9.17) is 4.74 Å². The first-order valence-electron chi connectivity index (χ1n) is 10.0. The van der Waals surface area contributed by atoms with Crippen molar-refractivity contribution in [2.75, 3.05) is 19.7 Å². The number of benzene rings is 1. The lowest BCUT2D eigenvalue weighted by Crippen LogP contribution is -2.43. The zero-order valence-electron chi connectivity index (χ0n) is 17.3. The highest BCUT2D eigenvalue weighted by Crippen LogP contribution is 2.30. The summed E-state index contributed by atoms with van der Waals surface area (Å²) >= 11 is 0. The lowest BCUT2D eigenvalue weighted by atomic mass is 10.00. The van der Waals surface area contributed by atoms with Crippen LogP contribution in [0.4, 0.5) is 13.2 Å². The van der Waals surface area contributed by atoms with E-state index in [1.54, 1.807) is 16.9 Å². The van der Waals surface area contributed by atoms with E-state index in [0.717, 1.165) is 22.1 Å². The van der Waals surface area contributed by atoms with Gasteiger partial charge in [-0.05, 0) is 23.3 Å². The molecule has 1 aliphatic heterocycles. The van der Waals surface area contributed by atoms with E-state index in [0.29, 0.717) is 24.3 Å². The number of fused-ring (bicyclic) bond motifs is 1. The number of halogens is 3. The molecule has 0 saturated carbocycles. The second-order valence-electron chi connectivity index (χ2n) is 7.91. The monoisotopic (exact) mass is 432 g/mol. The minimum absolute atomic E-state index is 0.138. The molecule has 4 rings (SSSR count). The summed E-state index contributed by atoms with van der Waals surface area (Å²) in [7, 11) is 1.82. The van der Waals surface area contributed by atoms with Crippen LogP contribution in [0.15, 0.2) is 36.7 Å². The molecule has 1 aliphatic rings. The normalized spacial score (nSPS) is 17.9. The number of ether oxygens (including phenoxy) is 1. The van der Waals surface area contributed by atoms with Crippen molar-refractivity contribution in [1.29, 1.82) is 0 Å². The molecule has 0 bridgehead atoms. The number of hydrogen-bond donors (Lipinski definition) is 0. The van der Waals surface area contributed by atoms with E-state index >= 15 is 0 Å². The molecule has 164 valence electrons. The molecule has 31 heavy (non-hydrogen) atoms. The number of morpholine rings is 1. The number of nitrogens with zero attached hydrogens (tertiary/aromatic N) is 4. The standard InChI is InChI=1S/C22H23F3N4O2/c1-14(30)20-8-19(16-10-26-28(2)12-16)18-4-3-15(7-21(18)27-20)11-29-5-6-31-17(13-29)9-22(23,24)25/h3-4,7-8,10,12,17H,5-6,9,11,13H2,1-2H3. The van der Waals surface area contributed by atoms with Crippen molar-refractivity contribution < 1.29 is 22.7 Å². The molecule has 0 spiro atoms. The molecule has 1 aromatic carbocycles. The highest BCUT2D eigenvalue weighted by molar-refractivity contribution is 6.01. The van der Waals surface area contributed by atoms with Crippen molar-refractivity contribution in [2.24, 2.45) is 7.05 Å². The van der Waals surface area contributed by atoms with Crippen LogP contribution in [0.25, 0.3) is 22.0 Å². The number of hydrogen-bond acceptors (Lipinski definition) is 5. The van der Waals surface area contributed by atoms with Gasteiger partial charge in [-0.3, -0.25) is 14.4 Å². The van der Waals surface area contributed by atoms with Crippen LogP contribution in [0.5, 0.6) is 0 Å². The summed E-state index contributed by atoms with van der Waals surface area (Å²) in [6.07, 6.45) is -2.43. The molecule has 0 radical (unpaired) electrons. The number of rotatable bonds is 5. The summed E-state index contributed by atoms with van der Waals surface area (Å²) in [6, 6.07) is 7.56. The number of alkyl halides is 3. The smallest absolute Gasteiger partial charge is 0.375 e. The molecule has 0 amide bonds. The predicted molar refractivity (Wildman–Crippen MR) is 110 cm³/mol. The first kappa shape index (κ1) is 21.5. The molecule has 1 atom stereocenters. The number of aromatic nitrogens is 3. The third kappa shape index (κ3) is 5.11. The first-order valence-corrected chi connectivity index (χ1v) is 10.0. The lowest BCUT2D eigenvalue weighted by Gasteiger charge is -2.33. The van der Waals surface area contributed by atoms with Crippen LogP contribution in [0.3, 0.4) is 0 Å². The number of Topliss-reactive ketones (excluding diaryl/α,β-unsaturated/α-hetero) is 1. The Hall–Kier alpha value is -2.78. The number of carbonyl (C=O) groups excluding carboxylic acids is 1. The number of ketones is 1. The Morgan fingerprint density at radius 1 is 1.29 bits per heavy atom. The van der Waals surface area contributed by atoms with Gasteiger partial charge < -0.3 is 4.74 Å². The van der Waals surface area contributed by atoms with Gasteiger partial charge in [-0.15, -0.1) is 0 Å². The average Bonchev–Trinajstić information content (AvgIpc) is 3.12. The Bertz CT molecular complexity index is 1110. The van der Waals surface area contributed by atoms with Crippen LogP contribution in [0.1, 0.15) is 29.4 Å². The van der Waals surface area contributed by atoms with Gasteiger partial charge in [-0.2, -0.15) is 18.3 Å². The minimum atomic E-state index is -4.24. The number of aryl methyl sites for hydroxylation is 1. The quantitative estimate of drug-likeness (QED) is 0.571. The predicted octanol–water partition coefficient (Wildman–Crippen LogP) is 3.99. The van der Waals surface area contributed by atoms with Crippen LogP contribution in [0, 0.1) is 0 Å². The van der Waals surface area contributed by atoms with E-state index < -0.39 is 18.7 Å². The molecular weight excluding hydrogens is 409 g/mol. The molecule has 6 nitrogen and oxygen atoms in total. The van der Waals surface area contributed by atoms with Gasteiger partial charge in [0.1, 0.15) is 5.69 Å². The fourth-order valence-corrected chi connectivity index (χ4v) is 3.92. The van der Waals surface area contributed by atoms with Gasteiger partial charge in [-0.25, -0.2) is 4.98 Å². The molecule has 1 fully saturated rings. The second kappa shape index (κ2) is 8.39. The topological polar surface area (TPSA) is 60.2 Å². The van der Waals surface area contributed by atoms with Crippen LogP contribution in [-0.2, 0) is 18.3 Å². The highest BCUT2D eigenvalue weighted by atomic mass is 19.4. The van der Waals surface area contributed by atoms with Crippen molar-refractivity contribution in [1.82, 2.24) is 19.7 Å². The average molecular weight is 432 g/mol. The Morgan fingerprint density at radius 3 is 2.77 bits per heavy atom. The van der Waals surface area contributed by atoms with Crippen LogP contribution >= 0.6 is 0 Å². The van der Waals surface area contributed by atoms with Gasteiger partial charge in [0.15, 0.2) is 5.78 Å². The van der Waals surface area contributed by atoms with E-state index in [-0.39, 0.29) is 18.9 Å². The third-order valence-electron chi connectivity index (χ3n) is 5.34. The largest absolute Gasteiger partial charge is 0.391 e. The zero-order chi connectivity index (χ0) is 22.2. The maximum Gasteiger partial charge on any atom is 0.391 e. The molecule has 1 saturated heterocycles. The summed E-state index contributed by atoms with van der Waals surface area (Å²) in [6.45, 7) is 3.02. The molecule has 3 aromatic rings. The zero-order valence-corrected chi connectivity index (χ0v) is 17.3. The summed E-state index contributed by atoms with van der Waals surface area (Å²) in [5.74, 6) is -0.138. The SMILES string of the molecule is CC(=O)c1cc(-c2cnn(C)c2)c2ccc(CN3CCOC(CC(F)(F)F)C3)cc2n1. The van der Waals surface area contributed by atoms with Crippen molar-refractivity contribution in [3.63, 3.8) is 0 Å².